The molecule has 2 N–H and O–H groups in total. The Balaban J connectivity index is 4.35. The normalized spacial score (nSPS) is 17.6. The molecule has 0 aromatic rings. The highest BCUT2D eigenvalue weighted by molar-refractivity contribution is 7.92. The molecule has 17 heavy (non-hydrogen) atoms. The minimum absolute atomic E-state index is 0.0177. The Morgan fingerprint density at radius 2 is 1.94 bits per heavy atom. The van der Waals surface area contributed by atoms with E-state index in [1.54, 1.807) is 25.9 Å². The van der Waals surface area contributed by atoms with Crippen molar-refractivity contribution in [2.24, 2.45) is 0 Å². The summed E-state index contributed by atoms with van der Waals surface area (Å²) in [4.78, 5) is 13.3. The Hall–Kier alpha value is -0.660. The lowest BCUT2D eigenvalue weighted by atomic mass is 10.1. The Labute approximate surface area is 103 Å². The Kier molecular flexibility index (Phi) is 5.57. The molecule has 0 saturated carbocycles. The van der Waals surface area contributed by atoms with Gasteiger partial charge in [-0.05, 0) is 27.9 Å². The molecule has 1 amide bonds. The van der Waals surface area contributed by atoms with Gasteiger partial charge in [-0.3, -0.25) is 4.79 Å². The predicted molar refractivity (Wildman–Crippen MR) is 66.5 cm³/mol. The molecule has 0 heterocycles. The smallest absolute Gasteiger partial charge is 0.238 e. The number of carbonyl (C=O) groups excluding carboxylic acids is 1. The Morgan fingerprint density at radius 3 is 2.29 bits per heavy atom. The summed E-state index contributed by atoms with van der Waals surface area (Å²) in [6.45, 7) is 3.30. The second-order valence-electron chi connectivity index (χ2n) is 4.92. The van der Waals surface area contributed by atoms with Crippen LogP contribution >= 0.6 is 0 Å². The summed E-state index contributed by atoms with van der Waals surface area (Å²) in [5, 5.41) is 11.3. The molecule has 2 unspecified atom stereocenters. The van der Waals surface area contributed by atoms with Crippen LogP contribution in [-0.4, -0.2) is 68.6 Å². The van der Waals surface area contributed by atoms with Gasteiger partial charge < -0.3 is 15.3 Å². The van der Waals surface area contributed by atoms with Crippen molar-refractivity contribution < 1.29 is 18.3 Å². The average molecular weight is 266 g/mol. The monoisotopic (exact) mass is 266 g/mol. The fraction of sp³-hybridized carbons (Fsp3) is 0.900. The maximum Gasteiger partial charge on any atom is 0.238 e. The van der Waals surface area contributed by atoms with Crippen LogP contribution < -0.4 is 5.32 Å². The fourth-order valence-corrected chi connectivity index (χ4v) is 1.83. The zero-order chi connectivity index (χ0) is 13.9. The minimum atomic E-state index is -3.40. The van der Waals surface area contributed by atoms with E-state index in [2.05, 4.69) is 5.32 Å². The van der Waals surface area contributed by atoms with Gasteiger partial charge in [-0.15, -0.1) is 0 Å². The third-order valence-electron chi connectivity index (χ3n) is 2.31. The number of amides is 1. The number of nitrogens with zero attached hydrogens (tertiary/aromatic N) is 1. The molecular formula is C10H22N2O4S. The number of likely N-dealkylation sites (N-methyl/N-ethyl adjacent to an activating group) is 1. The first kappa shape index (κ1) is 16.3. The van der Waals surface area contributed by atoms with Gasteiger partial charge in [0.1, 0.15) is 5.25 Å². The summed E-state index contributed by atoms with van der Waals surface area (Å²) in [5.41, 5.74) is -1.09. The van der Waals surface area contributed by atoms with Gasteiger partial charge in [0.25, 0.3) is 0 Å². The number of aliphatic hydroxyl groups is 1. The van der Waals surface area contributed by atoms with Crippen LogP contribution in [0.5, 0.6) is 0 Å². The van der Waals surface area contributed by atoms with E-state index in [1.807, 2.05) is 0 Å². The van der Waals surface area contributed by atoms with Crippen LogP contribution in [0.25, 0.3) is 0 Å². The lowest BCUT2D eigenvalue weighted by Crippen LogP contribution is -2.49. The van der Waals surface area contributed by atoms with Crippen LogP contribution in [0.3, 0.4) is 0 Å². The van der Waals surface area contributed by atoms with Gasteiger partial charge >= 0.3 is 0 Å². The van der Waals surface area contributed by atoms with Crippen molar-refractivity contribution >= 4 is 15.7 Å². The van der Waals surface area contributed by atoms with Gasteiger partial charge in [-0.2, -0.15) is 0 Å². The van der Waals surface area contributed by atoms with E-state index in [-0.39, 0.29) is 6.54 Å². The second-order valence-corrected chi connectivity index (χ2v) is 7.29. The zero-order valence-electron chi connectivity index (χ0n) is 11.0. The van der Waals surface area contributed by atoms with Gasteiger partial charge in [-0.1, -0.05) is 0 Å². The SMILES string of the molecule is CC(C(=O)NCC(C)(O)CN(C)C)S(C)(=O)=O. The molecule has 7 heteroatoms. The summed E-state index contributed by atoms with van der Waals surface area (Å²) in [6.07, 6.45) is 1.01. The highest BCUT2D eigenvalue weighted by Crippen LogP contribution is 2.04. The van der Waals surface area contributed by atoms with E-state index in [1.165, 1.54) is 6.92 Å². The molecule has 6 nitrogen and oxygen atoms in total. The summed E-state index contributed by atoms with van der Waals surface area (Å²) >= 11 is 0. The summed E-state index contributed by atoms with van der Waals surface area (Å²) in [7, 11) is 0.205. The van der Waals surface area contributed by atoms with Crippen molar-refractivity contribution in [2.75, 3.05) is 33.4 Å². The van der Waals surface area contributed by atoms with Crippen molar-refractivity contribution in [1.82, 2.24) is 10.2 Å². The van der Waals surface area contributed by atoms with E-state index < -0.39 is 26.6 Å². The van der Waals surface area contributed by atoms with Gasteiger partial charge in [0.05, 0.1) is 5.60 Å². The molecule has 0 aliphatic heterocycles. The lowest BCUT2D eigenvalue weighted by molar-refractivity contribution is -0.121. The number of sulfone groups is 1. The second kappa shape index (κ2) is 5.79. The molecule has 0 aliphatic rings. The van der Waals surface area contributed by atoms with E-state index in [0.717, 1.165) is 6.26 Å². The largest absolute Gasteiger partial charge is 0.387 e. The topological polar surface area (TPSA) is 86.7 Å². The molecule has 0 rings (SSSR count). The quantitative estimate of drug-likeness (QED) is 0.634. The number of carbonyl (C=O) groups is 1. The third kappa shape index (κ3) is 6.60. The molecule has 0 aromatic carbocycles. The van der Waals surface area contributed by atoms with Crippen LogP contribution in [0.4, 0.5) is 0 Å². The highest BCUT2D eigenvalue weighted by atomic mass is 32.2. The summed E-state index contributed by atoms with van der Waals surface area (Å²) < 4.78 is 22.3. The summed E-state index contributed by atoms with van der Waals surface area (Å²) in [5.74, 6) is -0.591. The molecule has 0 radical (unpaired) electrons. The molecule has 0 bridgehead atoms. The average Bonchev–Trinajstić information content (AvgIpc) is 2.09. The number of hydrogen-bond donors (Lipinski definition) is 2. The maximum atomic E-state index is 11.5. The van der Waals surface area contributed by atoms with E-state index >= 15 is 0 Å². The molecular weight excluding hydrogens is 244 g/mol. The molecule has 0 aromatic heterocycles. The molecule has 102 valence electrons. The van der Waals surface area contributed by atoms with Gasteiger partial charge in [0, 0.05) is 19.3 Å². The predicted octanol–water partition coefficient (Wildman–Crippen LogP) is -1.15. The van der Waals surface area contributed by atoms with E-state index in [4.69, 9.17) is 0 Å². The van der Waals surface area contributed by atoms with Crippen molar-refractivity contribution in [2.45, 2.75) is 24.7 Å². The van der Waals surface area contributed by atoms with Crippen LogP contribution in [-0.2, 0) is 14.6 Å². The van der Waals surface area contributed by atoms with Gasteiger partial charge in [0.2, 0.25) is 5.91 Å². The van der Waals surface area contributed by atoms with Gasteiger partial charge in [-0.25, -0.2) is 8.42 Å². The number of hydrogen-bond acceptors (Lipinski definition) is 5. The van der Waals surface area contributed by atoms with Crippen LogP contribution in [0.2, 0.25) is 0 Å². The molecule has 0 saturated heterocycles. The van der Waals surface area contributed by atoms with Gasteiger partial charge in [0.15, 0.2) is 9.84 Å². The van der Waals surface area contributed by atoms with Crippen molar-refractivity contribution in [3.8, 4) is 0 Å². The van der Waals surface area contributed by atoms with Crippen molar-refractivity contribution in [3.05, 3.63) is 0 Å². The first-order chi connectivity index (χ1) is 7.46. The van der Waals surface area contributed by atoms with E-state index in [9.17, 15) is 18.3 Å². The third-order valence-corrected chi connectivity index (χ3v) is 3.81. The maximum absolute atomic E-state index is 11.5. The number of rotatable bonds is 6. The Morgan fingerprint density at radius 1 is 1.47 bits per heavy atom. The molecule has 0 fully saturated rings. The molecule has 2 atom stereocenters. The lowest BCUT2D eigenvalue weighted by Gasteiger charge is -2.27. The molecule has 0 aliphatic carbocycles. The first-order valence-corrected chi connectivity index (χ1v) is 7.25. The van der Waals surface area contributed by atoms with Crippen molar-refractivity contribution in [1.29, 1.82) is 0 Å². The standard InChI is InChI=1S/C10H22N2O4S/c1-8(17(5,15)16)9(13)11-6-10(2,14)7-12(3)4/h8,14H,6-7H2,1-5H3,(H,11,13). The van der Waals surface area contributed by atoms with Crippen LogP contribution in [0.15, 0.2) is 0 Å². The molecule has 0 spiro atoms. The van der Waals surface area contributed by atoms with E-state index in [0.29, 0.717) is 6.54 Å². The van der Waals surface area contributed by atoms with Crippen molar-refractivity contribution in [3.63, 3.8) is 0 Å². The first-order valence-electron chi connectivity index (χ1n) is 5.29. The highest BCUT2D eigenvalue weighted by Gasteiger charge is 2.27. The zero-order valence-corrected chi connectivity index (χ0v) is 11.8. The van der Waals surface area contributed by atoms with Crippen LogP contribution in [0.1, 0.15) is 13.8 Å². The fourth-order valence-electron chi connectivity index (χ4n) is 1.35. The minimum Gasteiger partial charge on any atom is -0.387 e. The Bertz CT molecular complexity index is 363. The number of nitrogens with one attached hydrogen (secondary N) is 1. The van der Waals surface area contributed by atoms with Crippen LogP contribution in [0, 0.1) is 0 Å². The summed E-state index contributed by atoms with van der Waals surface area (Å²) in [6, 6.07) is 0.